The van der Waals surface area contributed by atoms with Crippen LogP contribution in [0.3, 0.4) is 0 Å². The van der Waals surface area contributed by atoms with Gasteiger partial charge in [0.15, 0.2) is 11.6 Å². The Labute approximate surface area is 466 Å². The summed E-state index contributed by atoms with van der Waals surface area (Å²) in [5.41, 5.74) is 3.79. The summed E-state index contributed by atoms with van der Waals surface area (Å²) in [7, 11) is 0. The zero-order valence-electron chi connectivity index (χ0n) is 42.4. The molecule has 82 heavy (non-hydrogen) atoms. The molecule has 0 aliphatic carbocycles. The summed E-state index contributed by atoms with van der Waals surface area (Å²) >= 11 is 3.34. The number of thiophene rings is 2. The normalized spacial score (nSPS) is 12.7. The highest BCUT2D eigenvalue weighted by Gasteiger charge is 2.36. The summed E-state index contributed by atoms with van der Waals surface area (Å²) in [6.45, 7) is 0. The summed E-state index contributed by atoms with van der Waals surface area (Å²) in [4.78, 5) is 5.99. The molecular formula is C68H34F6N6S2. The molecule has 0 amide bonds. The third-order valence-corrected chi connectivity index (χ3v) is 18.7. The van der Waals surface area contributed by atoms with Gasteiger partial charge in [-0.25, -0.2) is 4.98 Å². The predicted octanol–water partition coefficient (Wildman–Crippen LogP) is 20.1. The van der Waals surface area contributed by atoms with Gasteiger partial charge in [-0.3, -0.25) is 9.13 Å². The summed E-state index contributed by atoms with van der Waals surface area (Å²) in [6.07, 6.45) is -9.36. The number of pyridine rings is 1. The molecule has 0 saturated heterocycles. The highest BCUT2D eigenvalue weighted by molar-refractivity contribution is 7.26. The van der Waals surface area contributed by atoms with E-state index < -0.39 is 23.5 Å². The van der Waals surface area contributed by atoms with Gasteiger partial charge in [-0.05, 0) is 97.1 Å². The fourth-order valence-electron chi connectivity index (χ4n) is 13.0. The highest BCUT2D eigenvalue weighted by Crippen LogP contribution is 2.49. The Balaban J connectivity index is 1.14. The lowest BCUT2D eigenvalue weighted by atomic mass is 10.1. The average Bonchev–Trinajstić information content (AvgIpc) is 3.48. The maximum absolute atomic E-state index is 14.8. The first-order valence-electron chi connectivity index (χ1n) is 26.3. The van der Waals surface area contributed by atoms with Gasteiger partial charge in [0.1, 0.15) is 23.0 Å². The lowest BCUT2D eigenvalue weighted by molar-refractivity contribution is -0.138. The molecule has 0 fully saturated rings. The Morgan fingerprint density at radius 2 is 0.646 bits per heavy atom. The van der Waals surface area contributed by atoms with Crippen molar-refractivity contribution in [2.45, 2.75) is 12.4 Å². The van der Waals surface area contributed by atoms with Crippen LogP contribution in [0.25, 0.3) is 151 Å². The number of para-hydroxylation sites is 4. The van der Waals surface area contributed by atoms with Crippen LogP contribution in [0.15, 0.2) is 206 Å². The second kappa shape index (κ2) is 16.6. The monoisotopic (exact) mass is 1110 g/mol. The number of aromatic nitrogens is 5. The molecule has 7 aromatic heterocycles. The minimum absolute atomic E-state index is 0.105. The summed E-state index contributed by atoms with van der Waals surface area (Å²) < 4.78 is 101. The van der Waals surface area contributed by atoms with Crippen molar-refractivity contribution in [1.29, 1.82) is 5.26 Å². The molecule has 390 valence electrons. The molecule has 0 aliphatic rings. The van der Waals surface area contributed by atoms with Crippen molar-refractivity contribution in [3.63, 3.8) is 0 Å². The van der Waals surface area contributed by atoms with E-state index in [-0.39, 0.29) is 27.8 Å². The molecule has 0 radical (unpaired) electrons. The van der Waals surface area contributed by atoms with Crippen molar-refractivity contribution >= 4 is 150 Å². The molecule has 14 heteroatoms. The van der Waals surface area contributed by atoms with Crippen molar-refractivity contribution in [1.82, 2.24) is 23.3 Å². The molecule has 6 nitrogen and oxygen atoms in total. The molecule has 10 aromatic carbocycles. The van der Waals surface area contributed by atoms with Crippen LogP contribution in [-0.2, 0) is 12.4 Å². The maximum atomic E-state index is 14.8. The van der Waals surface area contributed by atoms with Crippen molar-refractivity contribution < 1.29 is 26.3 Å². The standard InChI is InChI=1S/C68H34F6N6S2/c69-67(70,71)36-25-27-55-44(29-36)38-13-1-7-19-51(38)77(55)63-50(35-75)64(78-52-20-8-2-15-40(52)46-31-48-42-17-5-11-23-59(42)81-61(48)33-57(46)78)66(76-65(63)79-53-21-9-3-14-39(53)45-30-37(68(72,73)74)26-28-56(45)79)80-54-22-10-4-16-41(54)47-32-49-43-18-6-12-24-60(43)82-62(49)34-58(47)80/h1-34H. The Hall–Kier alpha value is -9.94. The molecule has 0 saturated carbocycles. The van der Waals surface area contributed by atoms with E-state index in [2.05, 4.69) is 75.9 Å². The number of fused-ring (bicyclic) bond motifs is 18. The first-order chi connectivity index (χ1) is 39.9. The molecule has 0 aliphatic heterocycles. The van der Waals surface area contributed by atoms with Crippen LogP contribution in [0, 0.1) is 11.3 Å². The predicted molar refractivity (Wildman–Crippen MR) is 322 cm³/mol. The van der Waals surface area contributed by atoms with Gasteiger partial charge < -0.3 is 9.13 Å². The first-order valence-corrected chi connectivity index (χ1v) is 27.9. The van der Waals surface area contributed by atoms with E-state index in [0.29, 0.717) is 44.3 Å². The van der Waals surface area contributed by atoms with Gasteiger partial charge in [-0.2, -0.15) is 31.6 Å². The van der Waals surface area contributed by atoms with E-state index in [1.165, 1.54) is 12.1 Å². The van der Waals surface area contributed by atoms with Crippen LogP contribution >= 0.6 is 22.7 Å². The second-order valence-corrected chi connectivity index (χ2v) is 22.9. The lowest BCUT2D eigenvalue weighted by Gasteiger charge is -2.24. The Kier molecular flexibility index (Phi) is 9.49. The van der Waals surface area contributed by atoms with Crippen molar-refractivity contribution in [2.75, 3.05) is 0 Å². The molecule has 0 N–H and O–H groups in total. The zero-order chi connectivity index (χ0) is 55.1. The molecule has 0 atom stereocenters. The quantitative estimate of drug-likeness (QED) is 0.165. The number of nitrogens with zero attached hydrogens (tertiary/aromatic N) is 6. The van der Waals surface area contributed by atoms with Gasteiger partial charge >= 0.3 is 12.4 Å². The molecular weight excluding hydrogens is 1080 g/mol. The van der Waals surface area contributed by atoms with Crippen LogP contribution in [0.4, 0.5) is 26.3 Å². The number of hydrogen-bond donors (Lipinski definition) is 0. The van der Waals surface area contributed by atoms with Gasteiger partial charge in [0, 0.05) is 83.4 Å². The van der Waals surface area contributed by atoms with Gasteiger partial charge in [-0.15, -0.1) is 22.7 Å². The largest absolute Gasteiger partial charge is 0.416 e. The number of benzene rings is 10. The molecule has 0 spiro atoms. The van der Waals surface area contributed by atoms with Gasteiger partial charge in [0.2, 0.25) is 0 Å². The van der Waals surface area contributed by atoms with Crippen molar-refractivity contribution in [3.8, 4) is 29.1 Å². The molecule has 0 bridgehead atoms. The fraction of sp³-hybridized carbons (Fsp3) is 0.0294. The molecule has 17 rings (SSSR count). The van der Waals surface area contributed by atoms with Crippen LogP contribution in [0.1, 0.15) is 16.7 Å². The van der Waals surface area contributed by atoms with E-state index in [0.717, 1.165) is 108 Å². The lowest BCUT2D eigenvalue weighted by Crippen LogP contribution is -2.16. The van der Waals surface area contributed by atoms with E-state index in [1.807, 2.05) is 81.9 Å². The number of rotatable bonds is 4. The average molecular weight is 1110 g/mol. The van der Waals surface area contributed by atoms with Crippen LogP contribution in [0.2, 0.25) is 0 Å². The van der Waals surface area contributed by atoms with Crippen molar-refractivity contribution in [2.24, 2.45) is 0 Å². The molecule has 7 heterocycles. The zero-order valence-corrected chi connectivity index (χ0v) is 44.0. The number of hydrogen-bond acceptors (Lipinski definition) is 4. The van der Waals surface area contributed by atoms with E-state index in [4.69, 9.17) is 4.98 Å². The SMILES string of the molecule is N#Cc1c(-n2c3ccccc3c3cc(C(F)(F)F)ccc32)c(-n2c3ccccc3c3cc(C(F)(F)F)ccc32)nc(-n2c3ccccc3c3cc4c(cc32)sc2ccccc24)c1-n1c2ccccc2c2cc3c(cc21)sc1ccccc13. The van der Waals surface area contributed by atoms with Crippen LogP contribution in [0.5, 0.6) is 0 Å². The second-order valence-electron chi connectivity index (χ2n) is 20.7. The van der Waals surface area contributed by atoms with Crippen LogP contribution < -0.4 is 0 Å². The highest BCUT2D eigenvalue weighted by atomic mass is 32.1. The number of nitriles is 1. The fourth-order valence-corrected chi connectivity index (χ4v) is 15.2. The minimum Gasteiger partial charge on any atom is -0.305 e. The van der Waals surface area contributed by atoms with Gasteiger partial charge in [-0.1, -0.05) is 109 Å². The Morgan fingerprint density at radius 3 is 1.07 bits per heavy atom. The Bertz CT molecular complexity index is 5720. The van der Waals surface area contributed by atoms with Gasteiger partial charge in [0.25, 0.3) is 0 Å². The summed E-state index contributed by atoms with van der Waals surface area (Å²) in [6, 6.07) is 65.7. The van der Waals surface area contributed by atoms with Gasteiger partial charge in [0.05, 0.1) is 55.3 Å². The van der Waals surface area contributed by atoms with E-state index in [1.54, 1.807) is 59.1 Å². The number of alkyl halides is 6. The smallest absolute Gasteiger partial charge is 0.305 e. The topological polar surface area (TPSA) is 56.4 Å². The number of halogens is 6. The summed E-state index contributed by atoms with van der Waals surface area (Å²) in [5.74, 6) is 0.490. The van der Waals surface area contributed by atoms with E-state index in [9.17, 15) is 31.6 Å². The molecule has 17 aromatic rings. The maximum Gasteiger partial charge on any atom is 0.416 e. The summed E-state index contributed by atoms with van der Waals surface area (Å²) in [5, 5.41) is 22.3. The Morgan fingerprint density at radius 1 is 0.317 bits per heavy atom. The molecule has 0 unspecified atom stereocenters. The third kappa shape index (κ3) is 6.42. The van der Waals surface area contributed by atoms with Crippen LogP contribution in [-0.4, -0.2) is 23.3 Å². The minimum atomic E-state index is -4.69. The third-order valence-electron chi connectivity index (χ3n) is 16.4. The van der Waals surface area contributed by atoms with E-state index >= 15 is 0 Å². The van der Waals surface area contributed by atoms with Crippen molar-refractivity contribution in [3.05, 3.63) is 223 Å². The first kappa shape index (κ1) is 46.9.